The average Bonchev–Trinajstić information content (AvgIpc) is 3.41. The number of thiophene rings is 1. The zero-order chi connectivity index (χ0) is 25.8. The highest BCUT2D eigenvalue weighted by atomic mass is 79.9. The van der Waals surface area contributed by atoms with E-state index in [-0.39, 0.29) is 34.7 Å². The minimum atomic E-state index is -0.349. The van der Waals surface area contributed by atoms with Crippen molar-refractivity contribution in [3.8, 4) is 0 Å². The molecule has 3 fully saturated rings. The van der Waals surface area contributed by atoms with Crippen LogP contribution in [0.1, 0.15) is 96.4 Å². The maximum absolute atomic E-state index is 13.1. The lowest BCUT2D eigenvalue weighted by Gasteiger charge is -2.59. The van der Waals surface area contributed by atoms with Gasteiger partial charge in [-0.15, -0.1) is 11.3 Å². The summed E-state index contributed by atoms with van der Waals surface area (Å²) in [7, 11) is 0. The Morgan fingerprint density at radius 1 is 1.22 bits per heavy atom. The first-order valence-electron chi connectivity index (χ1n) is 14.0. The Kier molecular flexibility index (Phi) is 7.37. The van der Waals surface area contributed by atoms with Crippen molar-refractivity contribution in [2.24, 2.45) is 40.4 Å². The summed E-state index contributed by atoms with van der Waals surface area (Å²) in [4.78, 5) is 26.5. The van der Waals surface area contributed by atoms with Crippen LogP contribution in [0.2, 0.25) is 0 Å². The lowest BCUT2D eigenvalue weighted by atomic mass is 9.45. The topological polar surface area (TPSA) is 66.4 Å². The van der Waals surface area contributed by atoms with Gasteiger partial charge in [-0.2, -0.15) is 0 Å². The monoisotopic (exact) mass is 575 g/mol. The van der Waals surface area contributed by atoms with Gasteiger partial charge >= 0.3 is 0 Å². The Morgan fingerprint density at radius 3 is 2.69 bits per heavy atom. The molecule has 36 heavy (non-hydrogen) atoms. The quantitative estimate of drug-likeness (QED) is 0.376. The first kappa shape index (κ1) is 26.6. The van der Waals surface area contributed by atoms with E-state index in [1.165, 1.54) is 16.9 Å². The van der Waals surface area contributed by atoms with Crippen LogP contribution >= 0.6 is 27.3 Å². The second-order valence-electron chi connectivity index (χ2n) is 12.7. The predicted molar refractivity (Wildman–Crippen MR) is 149 cm³/mol. The van der Waals surface area contributed by atoms with Crippen molar-refractivity contribution < 1.29 is 14.7 Å². The van der Waals surface area contributed by atoms with Crippen molar-refractivity contribution in [1.29, 1.82) is 0 Å². The number of amides is 1. The van der Waals surface area contributed by atoms with Gasteiger partial charge in [-0.25, -0.2) is 0 Å². The second kappa shape index (κ2) is 9.96. The highest BCUT2D eigenvalue weighted by Gasteiger charge is 2.61. The van der Waals surface area contributed by atoms with Gasteiger partial charge in [0.2, 0.25) is 5.91 Å². The Bertz CT molecular complexity index is 1050. The first-order valence-corrected chi connectivity index (χ1v) is 15.6. The Balaban J connectivity index is 1.29. The molecule has 0 spiro atoms. The fourth-order valence-electron chi connectivity index (χ4n) is 9.08. The third-order valence-electron chi connectivity index (χ3n) is 10.9. The molecule has 0 bridgehead atoms. The summed E-state index contributed by atoms with van der Waals surface area (Å²) in [6.07, 6.45) is 9.82. The maximum atomic E-state index is 13.1. The molecule has 4 aliphatic carbocycles. The number of rotatable bonds is 6. The molecule has 4 aliphatic rings. The average molecular weight is 577 g/mol. The van der Waals surface area contributed by atoms with Crippen molar-refractivity contribution in [2.75, 3.05) is 0 Å². The minimum absolute atomic E-state index is 0.0642. The van der Waals surface area contributed by atoms with Gasteiger partial charge in [-0.1, -0.05) is 33.3 Å². The predicted octanol–water partition coefficient (Wildman–Crippen LogP) is 7.22. The smallest absolute Gasteiger partial charge is 0.220 e. The van der Waals surface area contributed by atoms with Crippen molar-refractivity contribution in [3.63, 3.8) is 0 Å². The fraction of sp³-hybridized carbons (Fsp3) is 0.733. The van der Waals surface area contributed by atoms with Crippen LogP contribution in [-0.4, -0.2) is 22.9 Å². The minimum Gasteiger partial charge on any atom is -0.392 e. The molecule has 0 radical (unpaired) electrons. The SMILES string of the molecule is CCC(NC(=O)C[C@@H](C)C1CC[C@H]2C3[C@H](O)CC4=CC(=O)CCC4(C)[C@H]3CCC12C)c1ccc(Br)s1. The lowest BCUT2D eigenvalue weighted by Crippen LogP contribution is -2.55. The van der Waals surface area contributed by atoms with Gasteiger partial charge in [0, 0.05) is 17.7 Å². The van der Waals surface area contributed by atoms with Crippen LogP contribution in [-0.2, 0) is 9.59 Å². The van der Waals surface area contributed by atoms with Gasteiger partial charge in [0.1, 0.15) is 0 Å². The van der Waals surface area contributed by atoms with Crippen molar-refractivity contribution >= 4 is 39.0 Å². The molecule has 9 atom stereocenters. The van der Waals surface area contributed by atoms with Crippen LogP contribution in [0.4, 0.5) is 0 Å². The molecule has 5 rings (SSSR count). The van der Waals surface area contributed by atoms with Crippen molar-refractivity contribution in [3.05, 3.63) is 32.4 Å². The van der Waals surface area contributed by atoms with E-state index in [1.54, 1.807) is 11.3 Å². The van der Waals surface area contributed by atoms with Gasteiger partial charge in [-0.3, -0.25) is 9.59 Å². The van der Waals surface area contributed by atoms with Crippen LogP contribution in [0.5, 0.6) is 0 Å². The normalized spacial score (nSPS) is 39.4. The number of nitrogens with one attached hydrogen (secondary N) is 1. The second-order valence-corrected chi connectivity index (χ2v) is 15.2. The zero-order valence-corrected chi connectivity index (χ0v) is 24.6. The van der Waals surface area contributed by atoms with Gasteiger partial charge in [0.25, 0.3) is 0 Å². The molecule has 198 valence electrons. The van der Waals surface area contributed by atoms with E-state index in [0.29, 0.717) is 48.9 Å². The maximum Gasteiger partial charge on any atom is 0.220 e. The van der Waals surface area contributed by atoms with Crippen LogP contribution in [0.3, 0.4) is 0 Å². The number of ketones is 1. The zero-order valence-electron chi connectivity index (χ0n) is 22.2. The third kappa shape index (κ3) is 4.47. The molecule has 1 aromatic heterocycles. The highest BCUT2D eigenvalue weighted by Crippen LogP contribution is 2.67. The lowest BCUT2D eigenvalue weighted by molar-refractivity contribution is -0.128. The molecule has 6 heteroatoms. The summed E-state index contributed by atoms with van der Waals surface area (Å²) in [5, 5.41) is 14.7. The number of halogens is 1. The van der Waals surface area contributed by atoms with E-state index in [4.69, 9.17) is 0 Å². The number of hydrogen-bond acceptors (Lipinski definition) is 4. The molecular weight excluding hydrogens is 534 g/mol. The van der Waals surface area contributed by atoms with E-state index >= 15 is 0 Å². The summed E-state index contributed by atoms with van der Waals surface area (Å²) in [5.74, 6) is 2.51. The number of aliphatic hydroxyl groups is 1. The molecule has 1 heterocycles. The van der Waals surface area contributed by atoms with E-state index < -0.39 is 0 Å². The van der Waals surface area contributed by atoms with Crippen LogP contribution in [0.25, 0.3) is 0 Å². The summed E-state index contributed by atoms with van der Waals surface area (Å²) in [6, 6.07) is 4.23. The number of carbonyl (C=O) groups is 2. The summed E-state index contributed by atoms with van der Waals surface area (Å²) in [5.41, 5.74) is 1.44. The fourth-order valence-corrected chi connectivity index (χ4v) is 10.6. The third-order valence-corrected chi connectivity index (χ3v) is 12.7. The van der Waals surface area contributed by atoms with E-state index in [0.717, 1.165) is 35.9 Å². The molecule has 4 nitrogen and oxygen atoms in total. The van der Waals surface area contributed by atoms with Gasteiger partial charge in [0.15, 0.2) is 5.78 Å². The van der Waals surface area contributed by atoms with E-state index in [1.807, 2.05) is 6.08 Å². The molecule has 0 aliphatic heterocycles. The Labute approximate surface area is 228 Å². The summed E-state index contributed by atoms with van der Waals surface area (Å²) >= 11 is 5.24. The molecule has 1 amide bonds. The summed E-state index contributed by atoms with van der Waals surface area (Å²) < 4.78 is 1.10. The molecular formula is C30H42BrNO3S. The number of hydrogen-bond donors (Lipinski definition) is 2. The Hall–Kier alpha value is -0.980. The van der Waals surface area contributed by atoms with E-state index in [2.05, 4.69) is 61.1 Å². The van der Waals surface area contributed by atoms with Gasteiger partial charge in [-0.05, 0) is 120 Å². The number of aliphatic hydroxyl groups excluding tert-OH is 1. The van der Waals surface area contributed by atoms with Crippen molar-refractivity contribution in [1.82, 2.24) is 5.32 Å². The van der Waals surface area contributed by atoms with Gasteiger partial charge in [0.05, 0.1) is 15.9 Å². The standard InChI is InChI=1S/C30H42BrNO3S/c1-5-23(25-8-9-26(31)36-25)32-27(35)14-17(2)20-6-7-21-28-22(11-13-30(20,21)4)29(3)12-10-19(33)15-18(29)16-24(28)34/h8-9,15,17,20-24,28,34H,5-7,10-14,16H2,1-4H3,(H,32,35)/t17-,20?,21+,22+,23?,24-,28?,29?,30?/m1/s1. The number of fused-ring (bicyclic) bond motifs is 5. The molecule has 0 aromatic carbocycles. The van der Waals surface area contributed by atoms with Crippen LogP contribution in [0.15, 0.2) is 27.6 Å². The summed E-state index contributed by atoms with van der Waals surface area (Å²) in [6.45, 7) is 9.23. The highest BCUT2D eigenvalue weighted by molar-refractivity contribution is 9.11. The van der Waals surface area contributed by atoms with E-state index in [9.17, 15) is 14.7 Å². The molecule has 3 saturated carbocycles. The van der Waals surface area contributed by atoms with Crippen LogP contribution < -0.4 is 5.32 Å². The molecule has 0 saturated heterocycles. The van der Waals surface area contributed by atoms with Crippen LogP contribution in [0, 0.1) is 40.4 Å². The largest absolute Gasteiger partial charge is 0.392 e. The number of carbonyl (C=O) groups excluding carboxylic acids is 2. The molecule has 2 N–H and O–H groups in total. The molecule has 1 aromatic rings. The Morgan fingerprint density at radius 2 is 2.00 bits per heavy atom. The van der Waals surface area contributed by atoms with Gasteiger partial charge < -0.3 is 10.4 Å². The molecule has 5 unspecified atom stereocenters. The van der Waals surface area contributed by atoms with Crippen molar-refractivity contribution in [2.45, 2.75) is 97.6 Å². The first-order chi connectivity index (χ1) is 17.1.